The molecule has 3 nitrogen and oxygen atoms in total. The van der Waals surface area contributed by atoms with Crippen molar-refractivity contribution in [3.63, 3.8) is 0 Å². The normalized spacial score (nSPS) is 17.9. The summed E-state index contributed by atoms with van der Waals surface area (Å²) in [5.74, 6) is 0.563. The van der Waals surface area contributed by atoms with E-state index in [1.54, 1.807) is 18.2 Å². The van der Waals surface area contributed by atoms with Crippen molar-refractivity contribution in [1.29, 1.82) is 0 Å². The van der Waals surface area contributed by atoms with Gasteiger partial charge < -0.3 is 15.2 Å². The Hall–Kier alpha value is -0.480. The average molecular weight is 319 g/mol. The largest absolute Gasteiger partial charge is 0.489 e. The highest BCUT2D eigenvalue weighted by atomic mass is 35.5. The molecule has 5 heteroatoms. The number of quaternary nitrogens is 1. The highest BCUT2D eigenvalue weighted by Gasteiger charge is 2.18. The molecule has 0 saturated heterocycles. The molecule has 0 spiro atoms. The second-order valence-electron chi connectivity index (χ2n) is 5.41. The molecule has 1 atom stereocenters. The van der Waals surface area contributed by atoms with Crippen LogP contribution in [0.5, 0.6) is 5.75 Å². The topological polar surface area (TPSA) is 46.1 Å². The summed E-state index contributed by atoms with van der Waals surface area (Å²) in [5.41, 5.74) is 0. The molecule has 2 rings (SSSR count). The lowest BCUT2D eigenvalue weighted by Gasteiger charge is -2.21. The molecule has 0 aliphatic heterocycles. The van der Waals surface area contributed by atoms with Gasteiger partial charge in [-0.25, -0.2) is 0 Å². The van der Waals surface area contributed by atoms with E-state index in [0.717, 1.165) is 0 Å². The fourth-order valence-corrected chi connectivity index (χ4v) is 3.03. The lowest BCUT2D eigenvalue weighted by atomic mass is 9.95. The summed E-state index contributed by atoms with van der Waals surface area (Å²) in [6.07, 6.45) is 6.02. The zero-order valence-corrected chi connectivity index (χ0v) is 13.0. The van der Waals surface area contributed by atoms with Crippen LogP contribution in [0.1, 0.15) is 32.1 Å². The van der Waals surface area contributed by atoms with Gasteiger partial charge in [-0.05, 0) is 43.9 Å². The number of benzene rings is 1. The molecule has 0 bridgehead atoms. The first-order chi connectivity index (χ1) is 9.65. The van der Waals surface area contributed by atoms with Crippen molar-refractivity contribution in [3.05, 3.63) is 28.2 Å². The molecule has 0 radical (unpaired) electrons. The Balaban J connectivity index is 1.70. The van der Waals surface area contributed by atoms with Gasteiger partial charge >= 0.3 is 0 Å². The number of hydrogen-bond acceptors (Lipinski definition) is 2. The highest BCUT2D eigenvalue weighted by molar-refractivity contribution is 6.35. The summed E-state index contributed by atoms with van der Waals surface area (Å²) in [6, 6.07) is 5.75. The monoisotopic (exact) mass is 318 g/mol. The quantitative estimate of drug-likeness (QED) is 0.847. The third kappa shape index (κ3) is 5.13. The number of halogens is 2. The molecule has 0 heterocycles. The molecule has 0 unspecified atom stereocenters. The third-order valence-corrected chi connectivity index (χ3v) is 4.25. The van der Waals surface area contributed by atoms with Crippen LogP contribution in [0.2, 0.25) is 10.0 Å². The molecule has 0 amide bonds. The number of hydrogen-bond donors (Lipinski definition) is 2. The van der Waals surface area contributed by atoms with E-state index in [1.807, 2.05) is 0 Å². The van der Waals surface area contributed by atoms with Crippen molar-refractivity contribution in [1.82, 2.24) is 0 Å². The van der Waals surface area contributed by atoms with Gasteiger partial charge in [-0.15, -0.1) is 0 Å². The molecule has 1 aromatic rings. The van der Waals surface area contributed by atoms with Crippen molar-refractivity contribution in [2.24, 2.45) is 0 Å². The predicted octanol–water partition coefficient (Wildman–Crippen LogP) is 2.63. The first-order valence-electron chi connectivity index (χ1n) is 7.24. The fourth-order valence-electron chi connectivity index (χ4n) is 2.57. The Morgan fingerprint density at radius 1 is 1.25 bits per heavy atom. The van der Waals surface area contributed by atoms with E-state index in [9.17, 15) is 5.11 Å². The van der Waals surface area contributed by atoms with E-state index in [2.05, 4.69) is 5.32 Å². The summed E-state index contributed by atoms with van der Waals surface area (Å²) in [6.45, 7) is 0.931. The van der Waals surface area contributed by atoms with Gasteiger partial charge in [-0.2, -0.15) is 0 Å². The summed E-state index contributed by atoms with van der Waals surface area (Å²) in [5, 5.41) is 13.3. The zero-order valence-electron chi connectivity index (χ0n) is 11.5. The van der Waals surface area contributed by atoms with Gasteiger partial charge in [0.2, 0.25) is 0 Å². The van der Waals surface area contributed by atoms with Crippen LogP contribution in [0.3, 0.4) is 0 Å². The van der Waals surface area contributed by atoms with Gasteiger partial charge in [0, 0.05) is 5.02 Å². The van der Waals surface area contributed by atoms with E-state index in [0.29, 0.717) is 28.4 Å². The van der Waals surface area contributed by atoms with E-state index < -0.39 is 6.10 Å². The molecule has 3 N–H and O–H groups in total. The Bertz CT molecular complexity index is 422. The van der Waals surface area contributed by atoms with Crippen molar-refractivity contribution in [2.75, 3.05) is 13.2 Å². The second-order valence-corrected chi connectivity index (χ2v) is 6.25. The molecule has 1 aliphatic carbocycles. The van der Waals surface area contributed by atoms with Crippen LogP contribution in [0.4, 0.5) is 0 Å². The van der Waals surface area contributed by atoms with E-state index in [4.69, 9.17) is 27.9 Å². The van der Waals surface area contributed by atoms with Gasteiger partial charge in [-0.1, -0.05) is 29.6 Å². The Morgan fingerprint density at radius 3 is 2.70 bits per heavy atom. The molecule has 1 aromatic carbocycles. The van der Waals surface area contributed by atoms with Crippen LogP contribution in [0.15, 0.2) is 18.2 Å². The number of aliphatic hydroxyl groups excluding tert-OH is 1. The van der Waals surface area contributed by atoms with Crippen molar-refractivity contribution >= 4 is 23.2 Å². The minimum Gasteiger partial charge on any atom is -0.489 e. The smallest absolute Gasteiger partial charge is 0.138 e. The van der Waals surface area contributed by atoms with Gasteiger partial charge in [0.25, 0.3) is 0 Å². The van der Waals surface area contributed by atoms with E-state index in [1.165, 1.54) is 32.1 Å². The van der Waals surface area contributed by atoms with Crippen LogP contribution >= 0.6 is 23.2 Å². The lowest BCUT2D eigenvalue weighted by molar-refractivity contribution is -0.697. The number of rotatable bonds is 6. The molecule has 20 heavy (non-hydrogen) atoms. The van der Waals surface area contributed by atoms with Crippen molar-refractivity contribution in [3.8, 4) is 5.75 Å². The maximum absolute atomic E-state index is 9.96. The third-order valence-electron chi connectivity index (χ3n) is 3.72. The van der Waals surface area contributed by atoms with Crippen LogP contribution < -0.4 is 10.1 Å². The van der Waals surface area contributed by atoms with Crippen LogP contribution in [0.25, 0.3) is 0 Å². The maximum Gasteiger partial charge on any atom is 0.138 e. The van der Waals surface area contributed by atoms with Gasteiger partial charge in [0.05, 0.1) is 11.1 Å². The van der Waals surface area contributed by atoms with Crippen LogP contribution in [-0.4, -0.2) is 30.4 Å². The zero-order chi connectivity index (χ0) is 14.4. The Morgan fingerprint density at radius 2 is 2.00 bits per heavy atom. The van der Waals surface area contributed by atoms with Crippen molar-refractivity contribution < 1.29 is 15.2 Å². The molecule has 0 aromatic heterocycles. The van der Waals surface area contributed by atoms with Crippen LogP contribution in [0, 0.1) is 0 Å². The minimum atomic E-state index is -0.483. The summed E-state index contributed by atoms with van der Waals surface area (Å²) < 4.78 is 5.53. The molecule has 1 saturated carbocycles. The first kappa shape index (κ1) is 15.9. The summed E-state index contributed by atoms with van der Waals surface area (Å²) in [4.78, 5) is 0. The fraction of sp³-hybridized carbons (Fsp3) is 0.600. The summed E-state index contributed by atoms with van der Waals surface area (Å²) in [7, 11) is 0. The van der Waals surface area contributed by atoms with Gasteiger partial charge in [0.1, 0.15) is 25.0 Å². The molecular formula is C15H22Cl2NO2+. The SMILES string of the molecule is O[C@@H](C[NH2+]C1CCCCC1)COc1ccc(Cl)cc1Cl. The maximum atomic E-state index is 9.96. The van der Waals surface area contributed by atoms with Gasteiger partial charge in [-0.3, -0.25) is 0 Å². The number of aliphatic hydroxyl groups is 1. The number of ether oxygens (including phenoxy) is 1. The predicted molar refractivity (Wildman–Crippen MR) is 81.6 cm³/mol. The molecule has 1 fully saturated rings. The number of nitrogens with two attached hydrogens (primary N) is 1. The van der Waals surface area contributed by atoms with Crippen molar-refractivity contribution in [2.45, 2.75) is 44.2 Å². The average Bonchev–Trinajstić information content (AvgIpc) is 2.45. The summed E-state index contributed by atoms with van der Waals surface area (Å²) >= 11 is 11.8. The van der Waals surface area contributed by atoms with E-state index in [-0.39, 0.29) is 6.61 Å². The highest BCUT2D eigenvalue weighted by Crippen LogP contribution is 2.27. The molecular weight excluding hydrogens is 297 g/mol. The van der Waals surface area contributed by atoms with Gasteiger partial charge in [0.15, 0.2) is 0 Å². The molecule has 112 valence electrons. The van der Waals surface area contributed by atoms with E-state index >= 15 is 0 Å². The first-order valence-corrected chi connectivity index (χ1v) is 8.00. The lowest BCUT2D eigenvalue weighted by Crippen LogP contribution is -2.92. The molecule has 1 aliphatic rings. The Kier molecular flexibility index (Phi) is 6.43. The Labute approximate surface area is 130 Å². The van der Waals surface area contributed by atoms with Crippen LogP contribution in [-0.2, 0) is 0 Å². The standard InChI is InChI=1S/C15H21Cl2NO2/c16-11-6-7-15(14(17)8-11)20-10-13(19)9-18-12-4-2-1-3-5-12/h6-8,12-13,18-19H,1-5,9-10H2/p+1/t13-/m0/s1. The second kappa shape index (κ2) is 8.08. The minimum absolute atomic E-state index is 0.255.